The van der Waals surface area contributed by atoms with E-state index in [0.717, 1.165) is 0 Å². The minimum Gasteiger partial charge on any atom is -0.462 e. The van der Waals surface area contributed by atoms with Crippen LogP contribution in [-0.2, 0) is 0 Å². The average molecular weight is 184 g/mol. The quantitative estimate of drug-likeness (QED) is 0.553. The lowest BCUT2D eigenvalue weighted by Gasteiger charge is -2.22. The number of aliphatic hydroxyl groups is 1. The molecule has 0 aliphatic rings. The molecule has 1 unspecified atom stereocenters. The molecule has 3 heteroatoms. The predicted octanol–water partition coefficient (Wildman–Crippen LogP) is 1.70. The molecule has 1 N–H and O–H groups in total. The first kappa shape index (κ1) is 9.42. The molecule has 1 aromatic carbocycles. The van der Waals surface area contributed by atoms with Gasteiger partial charge in [0.15, 0.2) is 0 Å². The van der Waals surface area contributed by atoms with Crippen molar-refractivity contribution in [2.75, 3.05) is 5.75 Å². The van der Waals surface area contributed by atoms with Gasteiger partial charge in [-0.15, -0.1) is 0 Å². The molecule has 0 saturated carbocycles. The van der Waals surface area contributed by atoms with Gasteiger partial charge in [0.25, 0.3) is 0 Å². The van der Waals surface area contributed by atoms with Crippen molar-refractivity contribution < 1.29 is 9.84 Å². The van der Waals surface area contributed by atoms with Gasteiger partial charge < -0.3 is 9.84 Å². The van der Waals surface area contributed by atoms with Crippen LogP contribution in [0.3, 0.4) is 0 Å². The molecule has 0 bridgehead atoms. The molecule has 0 aliphatic heterocycles. The maximum Gasteiger partial charge on any atom is 0.214 e. The third kappa shape index (κ3) is 2.75. The number of thiol groups is 1. The van der Waals surface area contributed by atoms with Crippen LogP contribution in [0.25, 0.3) is 0 Å². The zero-order valence-electron chi connectivity index (χ0n) is 6.90. The fourth-order valence-electron chi connectivity index (χ4n) is 0.775. The number of para-hydroxylation sites is 1. The van der Waals surface area contributed by atoms with Crippen molar-refractivity contribution in [3.05, 3.63) is 30.3 Å². The van der Waals surface area contributed by atoms with Crippen molar-refractivity contribution in [2.45, 2.75) is 12.7 Å². The van der Waals surface area contributed by atoms with Gasteiger partial charge in [-0.2, -0.15) is 12.6 Å². The van der Waals surface area contributed by atoms with Gasteiger partial charge in [0, 0.05) is 6.92 Å². The van der Waals surface area contributed by atoms with E-state index in [1.807, 2.05) is 18.2 Å². The Kier molecular flexibility index (Phi) is 3.00. The van der Waals surface area contributed by atoms with Crippen molar-refractivity contribution in [2.24, 2.45) is 0 Å². The molecule has 0 radical (unpaired) electrons. The highest BCUT2D eigenvalue weighted by Gasteiger charge is 2.19. The first-order valence-corrected chi connectivity index (χ1v) is 4.34. The standard InChI is InChI=1S/C9H12O2S/c1-9(10,7-12)11-8-5-3-2-4-6-8/h2-6,10,12H,7H2,1H3. The number of benzene rings is 1. The van der Waals surface area contributed by atoms with Crippen molar-refractivity contribution in [1.82, 2.24) is 0 Å². The van der Waals surface area contributed by atoms with E-state index < -0.39 is 5.79 Å². The molecule has 2 nitrogen and oxygen atoms in total. The van der Waals surface area contributed by atoms with E-state index in [2.05, 4.69) is 12.6 Å². The SMILES string of the molecule is CC(O)(CS)Oc1ccccc1. The van der Waals surface area contributed by atoms with Crippen LogP contribution in [-0.4, -0.2) is 16.6 Å². The molecule has 1 rings (SSSR count). The summed E-state index contributed by atoms with van der Waals surface area (Å²) in [7, 11) is 0. The zero-order valence-corrected chi connectivity index (χ0v) is 7.79. The molecular formula is C9H12O2S. The van der Waals surface area contributed by atoms with E-state index in [-0.39, 0.29) is 5.75 Å². The molecule has 0 amide bonds. The van der Waals surface area contributed by atoms with E-state index in [1.54, 1.807) is 19.1 Å². The highest BCUT2D eigenvalue weighted by Crippen LogP contribution is 2.16. The largest absolute Gasteiger partial charge is 0.462 e. The number of ether oxygens (including phenoxy) is 1. The van der Waals surface area contributed by atoms with Crippen LogP contribution in [0, 0.1) is 0 Å². The Hall–Kier alpha value is -0.670. The summed E-state index contributed by atoms with van der Waals surface area (Å²) in [5, 5.41) is 9.48. The fraction of sp³-hybridized carbons (Fsp3) is 0.333. The van der Waals surface area contributed by atoms with E-state index in [1.165, 1.54) is 0 Å². The van der Waals surface area contributed by atoms with Gasteiger partial charge in [-0.25, -0.2) is 0 Å². The summed E-state index contributed by atoms with van der Waals surface area (Å²) >= 11 is 3.96. The Morgan fingerprint density at radius 1 is 1.42 bits per heavy atom. The van der Waals surface area contributed by atoms with Gasteiger partial charge in [0.2, 0.25) is 5.79 Å². The van der Waals surface area contributed by atoms with Gasteiger partial charge in [-0.3, -0.25) is 0 Å². The van der Waals surface area contributed by atoms with Gasteiger partial charge >= 0.3 is 0 Å². The lowest BCUT2D eigenvalue weighted by atomic mass is 10.3. The zero-order chi connectivity index (χ0) is 9.03. The van der Waals surface area contributed by atoms with Crippen molar-refractivity contribution in [3.8, 4) is 5.75 Å². The molecule has 0 aliphatic carbocycles. The second kappa shape index (κ2) is 3.83. The molecule has 0 heterocycles. The van der Waals surface area contributed by atoms with E-state index in [9.17, 15) is 5.11 Å². The Morgan fingerprint density at radius 2 is 2.00 bits per heavy atom. The smallest absolute Gasteiger partial charge is 0.214 e. The second-order valence-corrected chi connectivity index (χ2v) is 3.06. The molecule has 0 saturated heterocycles. The predicted molar refractivity (Wildman–Crippen MR) is 51.5 cm³/mol. The van der Waals surface area contributed by atoms with Gasteiger partial charge in [-0.1, -0.05) is 18.2 Å². The Bertz CT molecular complexity index is 234. The molecule has 0 spiro atoms. The molecule has 0 aromatic heterocycles. The third-order valence-corrected chi connectivity index (χ3v) is 1.96. The molecule has 1 atom stereocenters. The molecule has 12 heavy (non-hydrogen) atoms. The van der Waals surface area contributed by atoms with Crippen LogP contribution in [0.2, 0.25) is 0 Å². The van der Waals surface area contributed by atoms with Crippen LogP contribution >= 0.6 is 12.6 Å². The number of rotatable bonds is 3. The summed E-state index contributed by atoms with van der Waals surface area (Å²) in [4.78, 5) is 0. The Labute approximate surface area is 77.6 Å². The lowest BCUT2D eigenvalue weighted by molar-refractivity contribution is -0.0994. The lowest BCUT2D eigenvalue weighted by Crippen LogP contribution is -2.33. The third-order valence-electron chi connectivity index (χ3n) is 1.37. The summed E-state index contributed by atoms with van der Waals surface area (Å²) in [5.41, 5.74) is 0. The van der Waals surface area contributed by atoms with Crippen LogP contribution in [0.4, 0.5) is 0 Å². The molecule has 1 aromatic rings. The first-order valence-electron chi connectivity index (χ1n) is 3.71. The van der Waals surface area contributed by atoms with Gasteiger partial charge in [0.1, 0.15) is 5.75 Å². The summed E-state index contributed by atoms with van der Waals surface area (Å²) in [6.45, 7) is 1.58. The van der Waals surface area contributed by atoms with Gasteiger partial charge in [-0.05, 0) is 12.1 Å². The normalized spacial score (nSPS) is 15.2. The van der Waals surface area contributed by atoms with Crippen LogP contribution in [0.1, 0.15) is 6.92 Å². The van der Waals surface area contributed by atoms with E-state index in [4.69, 9.17) is 4.74 Å². The van der Waals surface area contributed by atoms with E-state index in [0.29, 0.717) is 5.75 Å². The van der Waals surface area contributed by atoms with Gasteiger partial charge in [0.05, 0.1) is 5.75 Å². The average Bonchev–Trinajstić information content (AvgIpc) is 2.06. The first-order chi connectivity index (χ1) is 5.64. The monoisotopic (exact) mass is 184 g/mol. The van der Waals surface area contributed by atoms with Crippen molar-refractivity contribution in [1.29, 1.82) is 0 Å². The number of hydrogen-bond acceptors (Lipinski definition) is 3. The number of hydrogen-bond donors (Lipinski definition) is 2. The summed E-state index contributed by atoms with van der Waals surface area (Å²) in [6, 6.07) is 9.17. The minimum atomic E-state index is -1.19. The molecule has 66 valence electrons. The summed E-state index contributed by atoms with van der Waals surface area (Å²) in [5.74, 6) is -0.275. The maximum atomic E-state index is 9.48. The molecular weight excluding hydrogens is 172 g/mol. The molecule has 0 fully saturated rings. The summed E-state index contributed by atoms with van der Waals surface area (Å²) < 4.78 is 5.23. The highest BCUT2D eigenvalue weighted by atomic mass is 32.1. The highest BCUT2D eigenvalue weighted by molar-refractivity contribution is 7.80. The van der Waals surface area contributed by atoms with Crippen molar-refractivity contribution >= 4 is 12.6 Å². The topological polar surface area (TPSA) is 29.5 Å². The van der Waals surface area contributed by atoms with E-state index >= 15 is 0 Å². The van der Waals surface area contributed by atoms with Crippen LogP contribution < -0.4 is 4.74 Å². The van der Waals surface area contributed by atoms with Crippen LogP contribution in [0.15, 0.2) is 30.3 Å². The maximum absolute atomic E-state index is 9.48. The Morgan fingerprint density at radius 3 is 2.50 bits per heavy atom. The fourth-order valence-corrected chi connectivity index (χ4v) is 0.839. The Balaban J connectivity index is 2.64. The minimum absolute atomic E-state index is 0.266. The van der Waals surface area contributed by atoms with Crippen molar-refractivity contribution in [3.63, 3.8) is 0 Å². The van der Waals surface area contributed by atoms with Crippen LogP contribution in [0.5, 0.6) is 5.75 Å². The second-order valence-electron chi connectivity index (χ2n) is 2.75. The summed E-state index contributed by atoms with van der Waals surface area (Å²) in [6.07, 6.45) is 0.